The highest BCUT2D eigenvalue weighted by molar-refractivity contribution is 7.89. The molecule has 0 bridgehead atoms. The SMILES string of the molecule is CCCCS(=O)(=O)N1CCCN(C(=O)c2ccc(CCC)cc2)CC1. The summed E-state index contributed by atoms with van der Waals surface area (Å²) in [6.07, 6.45) is 4.34. The van der Waals surface area contributed by atoms with E-state index in [2.05, 4.69) is 6.92 Å². The predicted octanol–water partition coefficient (Wildman–Crippen LogP) is 2.92. The van der Waals surface area contributed by atoms with Crippen LogP contribution in [0, 0.1) is 0 Å². The van der Waals surface area contributed by atoms with E-state index >= 15 is 0 Å². The number of hydrogen-bond donors (Lipinski definition) is 0. The number of benzene rings is 1. The Morgan fingerprint density at radius 1 is 1.00 bits per heavy atom. The van der Waals surface area contributed by atoms with Gasteiger partial charge in [0.2, 0.25) is 10.0 Å². The molecule has 0 aliphatic carbocycles. The average molecular weight is 367 g/mol. The number of amides is 1. The Morgan fingerprint density at radius 2 is 1.72 bits per heavy atom. The van der Waals surface area contributed by atoms with Crippen molar-refractivity contribution < 1.29 is 13.2 Å². The highest BCUT2D eigenvalue weighted by Gasteiger charge is 2.26. The van der Waals surface area contributed by atoms with Crippen LogP contribution in [0.2, 0.25) is 0 Å². The van der Waals surface area contributed by atoms with E-state index in [0.29, 0.717) is 44.6 Å². The van der Waals surface area contributed by atoms with E-state index in [9.17, 15) is 13.2 Å². The lowest BCUT2D eigenvalue weighted by Crippen LogP contribution is -2.38. The van der Waals surface area contributed by atoms with Gasteiger partial charge in [0.05, 0.1) is 5.75 Å². The molecule has 0 unspecified atom stereocenters. The maximum atomic E-state index is 12.7. The summed E-state index contributed by atoms with van der Waals surface area (Å²) in [5, 5.41) is 0. The molecule has 1 aromatic rings. The minimum atomic E-state index is -3.20. The fourth-order valence-corrected chi connectivity index (χ4v) is 4.79. The Labute approximate surface area is 152 Å². The molecule has 0 N–H and O–H groups in total. The first-order valence-corrected chi connectivity index (χ1v) is 10.9. The van der Waals surface area contributed by atoms with Crippen LogP contribution in [0.4, 0.5) is 0 Å². The molecule has 0 saturated carbocycles. The molecule has 25 heavy (non-hydrogen) atoms. The average Bonchev–Trinajstić information content (AvgIpc) is 2.87. The van der Waals surface area contributed by atoms with E-state index in [4.69, 9.17) is 0 Å². The van der Waals surface area contributed by atoms with E-state index in [1.807, 2.05) is 31.2 Å². The summed E-state index contributed by atoms with van der Waals surface area (Å²) in [4.78, 5) is 14.5. The van der Waals surface area contributed by atoms with Crippen LogP contribution in [0.3, 0.4) is 0 Å². The molecule has 1 fully saturated rings. The lowest BCUT2D eigenvalue weighted by atomic mass is 10.1. The summed E-state index contributed by atoms with van der Waals surface area (Å²) in [6.45, 7) is 6.09. The summed E-state index contributed by atoms with van der Waals surface area (Å²) in [5.74, 6) is 0.201. The van der Waals surface area contributed by atoms with Crippen molar-refractivity contribution in [3.8, 4) is 0 Å². The van der Waals surface area contributed by atoms with Gasteiger partial charge >= 0.3 is 0 Å². The molecule has 1 aromatic carbocycles. The Morgan fingerprint density at radius 3 is 2.36 bits per heavy atom. The molecule has 1 amide bonds. The molecule has 0 aromatic heterocycles. The predicted molar refractivity (Wildman–Crippen MR) is 101 cm³/mol. The minimum Gasteiger partial charge on any atom is -0.337 e. The van der Waals surface area contributed by atoms with Gasteiger partial charge in [-0.05, 0) is 37.0 Å². The molecule has 2 rings (SSSR count). The van der Waals surface area contributed by atoms with Crippen LogP contribution in [0.5, 0.6) is 0 Å². The van der Waals surface area contributed by atoms with Crippen molar-refractivity contribution in [3.05, 3.63) is 35.4 Å². The number of rotatable bonds is 7. The summed E-state index contributed by atoms with van der Waals surface area (Å²) < 4.78 is 26.3. The van der Waals surface area contributed by atoms with Crippen molar-refractivity contribution in [1.29, 1.82) is 0 Å². The number of sulfonamides is 1. The zero-order chi connectivity index (χ0) is 18.3. The molecule has 0 radical (unpaired) electrons. The monoisotopic (exact) mass is 366 g/mol. The molecular formula is C19H30N2O3S. The first kappa shape index (κ1) is 19.9. The van der Waals surface area contributed by atoms with Crippen LogP contribution in [-0.4, -0.2) is 55.5 Å². The van der Waals surface area contributed by atoms with E-state index in [0.717, 1.165) is 19.3 Å². The smallest absolute Gasteiger partial charge is 0.253 e. The van der Waals surface area contributed by atoms with Crippen LogP contribution in [0.1, 0.15) is 55.5 Å². The van der Waals surface area contributed by atoms with Crippen LogP contribution in [-0.2, 0) is 16.4 Å². The molecule has 1 aliphatic rings. The maximum Gasteiger partial charge on any atom is 0.253 e. The van der Waals surface area contributed by atoms with Gasteiger partial charge in [-0.25, -0.2) is 12.7 Å². The van der Waals surface area contributed by atoms with Gasteiger partial charge in [-0.3, -0.25) is 4.79 Å². The molecule has 1 saturated heterocycles. The third-order valence-corrected chi connectivity index (χ3v) is 6.59. The Hall–Kier alpha value is -1.40. The van der Waals surface area contributed by atoms with Crippen molar-refractivity contribution in [2.24, 2.45) is 0 Å². The number of carbonyl (C=O) groups excluding carboxylic acids is 1. The molecule has 0 spiro atoms. The lowest BCUT2D eigenvalue weighted by molar-refractivity contribution is 0.0764. The fourth-order valence-electron chi connectivity index (χ4n) is 3.12. The molecule has 5 nitrogen and oxygen atoms in total. The van der Waals surface area contributed by atoms with E-state index in [1.54, 1.807) is 9.21 Å². The number of aryl methyl sites for hydroxylation is 1. The van der Waals surface area contributed by atoms with E-state index < -0.39 is 10.0 Å². The Bertz CT molecular complexity index is 656. The van der Waals surface area contributed by atoms with Crippen LogP contribution < -0.4 is 0 Å². The van der Waals surface area contributed by atoms with Gasteiger partial charge in [0.1, 0.15) is 0 Å². The topological polar surface area (TPSA) is 57.7 Å². The first-order valence-electron chi connectivity index (χ1n) is 9.34. The highest BCUT2D eigenvalue weighted by Crippen LogP contribution is 2.14. The normalized spacial score (nSPS) is 16.6. The van der Waals surface area contributed by atoms with Crippen molar-refractivity contribution in [2.45, 2.75) is 46.0 Å². The second-order valence-corrected chi connectivity index (χ2v) is 8.75. The second-order valence-electron chi connectivity index (χ2n) is 6.66. The Balaban J connectivity index is 1.99. The van der Waals surface area contributed by atoms with Crippen molar-refractivity contribution in [3.63, 3.8) is 0 Å². The number of hydrogen-bond acceptors (Lipinski definition) is 3. The van der Waals surface area contributed by atoms with E-state index in [1.165, 1.54) is 5.56 Å². The largest absolute Gasteiger partial charge is 0.337 e. The fraction of sp³-hybridized carbons (Fsp3) is 0.632. The van der Waals surface area contributed by atoms with Gasteiger partial charge in [0, 0.05) is 31.7 Å². The number of carbonyl (C=O) groups is 1. The van der Waals surface area contributed by atoms with Crippen molar-refractivity contribution in [1.82, 2.24) is 9.21 Å². The summed E-state index contributed by atoms with van der Waals surface area (Å²) >= 11 is 0. The van der Waals surface area contributed by atoms with Crippen LogP contribution in [0.15, 0.2) is 24.3 Å². The summed E-state index contributed by atoms with van der Waals surface area (Å²) in [6, 6.07) is 7.79. The van der Waals surface area contributed by atoms with Crippen LogP contribution in [0.25, 0.3) is 0 Å². The molecule has 0 atom stereocenters. The third kappa shape index (κ3) is 5.54. The standard InChI is InChI=1S/C19H30N2O3S/c1-3-5-16-25(23,24)21-13-6-12-20(14-15-21)19(22)18-10-8-17(7-4-2)9-11-18/h8-11H,3-7,12-16H2,1-2H3. The van der Waals surface area contributed by atoms with Gasteiger partial charge in [-0.2, -0.15) is 0 Å². The molecule has 140 valence electrons. The minimum absolute atomic E-state index is 0.00384. The van der Waals surface area contributed by atoms with E-state index in [-0.39, 0.29) is 11.7 Å². The lowest BCUT2D eigenvalue weighted by Gasteiger charge is -2.22. The van der Waals surface area contributed by atoms with Gasteiger partial charge < -0.3 is 4.90 Å². The number of unbranched alkanes of at least 4 members (excludes halogenated alkanes) is 1. The van der Waals surface area contributed by atoms with Gasteiger partial charge in [0.25, 0.3) is 5.91 Å². The van der Waals surface area contributed by atoms with Gasteiger partial charge in [-0.15, -0.1) is 0 Å². The second kappa shape index (κ2) is 9.34. The molecule has 1 heterocycles. The quantitative estimate of drug-likeness (QED) is 0.745. The first-order chi connectivity index (χ1) is 12.0. The van der Waals surface area contributed by atoms with Gasteiger partial charge in [0.15, 0.2) is 0 Å². The number of nitrogens with zero attached hydrogens (tertiary/aromatic N) is 2. The maximum absolute atomic E-state index is 12.7. The van der Waals surface area contributed by atoms with Crippen molar-refractivity contribution >= 4 is 15.9 Å². The zero-order valence-corrected chi connectivity index (χ0v) is 16.2. The van der Waals surface area contributed by atoms with Gasteiger partial charge in [-0.1, -0.05) is 38.8 Å². The molecular weight excluding hydrogens is 336 g/mol. The van der Waals surface area contributed by atoms with Crippen molar-refractivity contribution in [2.75, 3.05) is 31.9 Å². The summed E-state index contributed by atoms with van der Waals surface area (Å²) in [5.41, 5.74) is 1.92. The van der Waals surface area contributed by atoms with Crippen LogP contribution >= 0.6 is 0 Å². The highest BCUT2D eigenvalue weighted by atomic mass is 32.2. The Kier molecular flexibility index (Phi) is 7.44. The molecule has 6 heteroatoms. The zero-order valence-electron chi connectivity index (χ0n) is 15.4. The summed E-state index contributed by atoms with van der Waals surface area (Å²) in [7, 11) is -3.20. The molecule has 1 aliphatic heterocycles. The third-order valence-electron chi connectivity index (χ3n) is 4.63.